The third kappa shape index (κ3) is 3.88. The number of likely N-dealkylation sites (N-methyl/N-ethyl adjacent to an activating group) is 1. The van der Waals surface area contributed by atoms with Crippen molar-refractivity contribution in [3.05, 3.63) is 24.0 Å². The van der Waals surface area contributed by atoms with Crippen molar-refractivity contribution in [1.82, 2.24) is 29.4 Å². The maximum absolute atomic E-state index is 5.92. The lowest BCUT2D eigenvalue weighted by molar-refractivity contribution is 0.316. The van der Waals surface area contributed by atoms with E-state index in [2.05, 4.69) is 44.0 Å². The topological polar surface area (TPSA) is 71.8 Å². The zero-order valence-electron chi connectivity index (χ0n) is 11.6. The molecule has 0 amide bonds. The van der Waals surface area contributed by atoms with Gasteiger partial charge in [-0.3, -0.25) is 4.57 Å². The number of hydrogen-bond acceptors (Lipinski definition) is 6. The third-order valence-electron chi connectivity index (χ3n) is 2.94. The van der Waals surface area contributed by atoms with Crippen LogP contribution in [0, 0.1) is 0 Å². The summed E-state index contributed by atoms with van der Waals surface area (Å²) in [7, 11) is 0. The van der Waals surface area contributed by atoms with E-state index in [1.54, 1.807) is 23.3 Å². The lowest BCUT2D eigenvalue weighted by Gasteiger charge is -2.17. The molecule has 0 radical (unpaired) electrons. The molecule has 108 valence electrons. The van der Waals surface area contributed by atoms with Crippen LogP contribution >= 0.6 is 11.6 Å². The lowest BCUT2D eigenvalue weighted by atomic mass is 10.4. The van der Waals surface area contributed by atoms with Gasteiger partial charge in [0, 0.05) is 25.5 Å². The van der Waals surface area contributed by atoms with E-state index in [1.807, 2.05) is 0 Å². The molecule has 2 aromatic heterocycles. The summed E-state index contributed by atoms with van der Waals surface area (Å²) in [5.74, 6) is 0.925. The van der Waals surface area contributed by atoms with Gasteiger partial charge in [0.1, 0.15) is 6.33 Å². The Balaban J connectivity index is 2.02. The van der Waals surface area contributed by atoms with Crippen molar-refractivity contribution in [3.8, 4) is 5.95 Å². The van der Waals surface area contributed by atoms with Crippen molar-refractivity contribution < 1.29 is 0 Å². The van der Waals surface area contributed by atoms with Gasteiger partial charge >= 0.3 is 0 Å². The number of imidazole rings is 1. The summed E-state index contributed by atoms with van der Waals surface area (Å²) in [6.07, 6.45) is 5.03. The van der Waals surface area contributed by atoms with E-state index in [1.165, 1.54) is 0 Å². The number of anilines is 1. The first-order chi connectivity index (χ1) is 9.72. The van der Waals surface area contributed by atoms with Gasteiger partial charge in [0.25, 0.3) is 0 Å². The summed E-state index contributed by atoms with van der Waals surface area (Å²) < 4.78 is 1.68. The van der Waals surface area contributed by atoms with Crippen molar-refractivity contribution in [2.75, 3.05) is 31.5 Å². The lowest BCUT2D eigenvalue weighted by Crippen LogP contribution is -2.29. The van der Waals surface area contributed by atoms with E-state index in [4.69, 9.17) is 11.6 Å². The summed E-state index contributed by atoms with van der Waals surface area (Å²) in [6, 6.07) is 0. The van der Waals surface area contributed by atoms with Crippen LogP contribution in [-0.2, 0) is 0 Å². The fraction of sp³-hybridized carbons (Fsp3) is 0.500. The first kappa shape index (κ1) is 14.7. The summed E-state index contributed by atoms with van der Waals surface area (Å²) in [4.78, 5) is 18.7. The average Bonchev–Trinajstić information content (AvgIpc) is 2.97. The van der Waals surface area contributed by atoms with Crippen molar-refractivity contribution in [3.63, 3.8) is 0 Å². The van der Waals surface area contributed by atoms with Crippen molar-refractivity contribution in [2.45, 2.75) is 13.8 Å². The largest absolute Gasteiger partial charge is 0.353 e. The normalized spacial score (nSPS) is 11.0. The quantitative estimate of drug-likeness (QED) is 0.834. The van der Waals surface area contributed by atoms with Crippen LogP contribution < -0.4 is 5.32 Å². The second-order valence-electron chi connectivity index (χ2n) is 4.15. The molecule has 0 saturated heterocycles. The Morgan fingerprint density at radius 2 is 2.05 bits per heavy atom. The summed E-state index contributed by atoms with van der Waals surface area (Å²) in [6.45, 7) is 8.01. The molecular formula is C12H18ClN7. The minimum absolute atomic E-state index is 0.161. The number of nitrogens with zero attached hydrogens (tertiary/aromatic N) is 6. The molecule has 0 atom stereocenters. The van der Waals surface area contributed by atoms with Gasteiger partial charge in [-0.25, -0.2) is 4.98 Å². The minimum atomic E-state index is 0.161. The van der Waals surface area contributed by atoms with Crippen LogP contribution in [0.1, 0.15) is 13.8 Å². The zero-order valence-corrected chi connectivity index (χ0v) is 12.4. The van der Waals surface area contributed by atoms with E-state index in [0.29, 0.717) is 11.9 Å². The Kier molecular flexibility index (Phi) is 5.25. The predicted molar refractivity (Wildman–Crippen MR) is 78.2 cm³/mol. The molecule has 0 fully saturated rings. The second-order valence-corrected chi connectivity index (χ2v) is 4.49. The van der Waals surface area contributed by atoms with Crippen LogP contribution in [0.3, 0.4) is 0 Å². The number of rotatable bonds is 7. The fourth-order valence-corrected chi connectivity index (χ4v) is 1.93. The van der Waals surface area contributed by atoms with Gasteiger partial charge < -0.3 is 10.2 Å². The highest BCUT2D eigenvalue weighted by molar-refractivity contribution is 6.28. The van der Waals surface area contributed by atoms with Gasteiger partial charge in [-0.15, -0.1) is 0 Å². The molecule has 1 N–H and O–H groups in total. The Hall–Kier alpha value is -1.73. The number of nitrogens with one attached hydrogen (secondary N) is 1. The molecule has 2 aromatic rings. The monoisotopic (exact) mass is 295 g/mol. The van der Waals surface area contributed by atoms with Crippen LogP contribution in [0.4, 0.5) is 5.95 Å². The van der Waals surface area contributed by atoms with Crippen LogP contribution in [0.15, 0.2) is 18.7 Å². The SMILES string of the molecule is CCN(CC)CCNc1nc(Cl)nc(-n2ccnc2)n1. The Bertz CT molecular complexity index is 525. The molecule has 0 unspecified atom stereocenters. The molecule has 7 nitrogen and oxygen atoms in total. The van der Waals surface area contributed by atoms with E-state index in [-0.39, 0.29) is 5.28 Å². The Morgan fingerprint density at radius 1 is 1.25 bits per heavy atom. The fourth-order valence-electron chi connectivity index (χ4n) is 1.78. The van der Waals surface area contributed by atoms with Crippen LogP contribution in [-0.4, -0.2) is 55.6 Å². The number of halogens is 1. The minimum Gasteiger partial charge on any atom is -0.353 e. The van der Waals surface area contributed by atoms with Gasteiger partial charge in [-0.2, -0.15) is 15.0 Å². The van der Waals surface area contributed by atoms with Crippen molar-refractivity contribution in [2.24, 2.45) is 0 Å². The van der Waals surface area contributed by atoms with Gasteiger partial charge in [0.2, 0.25) is 17.2 Å². The summed E-state index contributed by atoms with van der Waals surface area (Å²) in [5.41, 5.74) is 0. The van der Waals surface area contributed by atoms with Crippen LogP contribution in [0.2, 0.25) is 5.28 Å². The second kappa shape index (κ2) is 7.16. The standard InChI is InChI=1S/C12H18ClN7/c1-3-19(4-2)7-6-15-11-16-10(13)17-12(18-11)20-8-5-14-9-20/h5,8-9H,3-4,6-7H2,1-2H3,(H,15,16,17,18). The van der Waals surface area contributed by atoms with E-state index in [0.717, 1.165) is 26.2 Å². The predicted octanol–water partition coefficient (Wildman–Crippen LogP) is 1.46. The molecule has 20 heavy (non-hydrogen) atoms. The van der Waals surface area contributed by atoms with E-state index in [9.17, 15) is 0 Å². The maximum atomic E-state index is 5.92. The Labute approximate surface area is 123 Å². The average molecular weight is 296 g/mol. The zero-order chi connectivity index (χ0) is 14.4. The van der Waals surface area contributed by atoms with Gasteiger partial charge in [0.05, 0.1) is 0 Å². The van der Waals surface area contributed by atoms with Gasteiger partial charge in [-0.05, 0) is 24.7 Å². The summed E-state index contributed by atoms with van der Waals surface area (Å²) >= 11 is 5.92. The molecule has 8 heteroatoms. The molecule has 0 bridgehead atoms. The van der Waals surface area contributed by atoms with Crippen molar-refractivity contribution in [1.29, 1.82) is 0 Å². The number of hydrogen-bond donors (Lipinski definition) is 1. The molecule has 0 spiro atoms. The highest BCUT2D eigenvalue weighted by Crippen LogP contribution is 2.09. The molecule has 0 aliphatic heterocycles. The molecule has 0 aliphatic carbocycles. The molecule has 0 aromatic carbocycles. The van der Waals surface area contributed by atoms with Crippen LogP contribution in [0.5, 0.6) is 0 Å². The van der Waals surface area contributed by atoms with E-state index < -0.39 is 0 Å². The van der Waals surface area contributed by atoms with E-state index >= 15 is 0 Å². The highest BCUT2D eigenvalue weighted by Gasteiger charge is 2.06. The van der Waals surface area contributed by atoms with Gasteiger partial charge in [0.15, 0.2) is 0 Å². The third-order valence-corrected chi connectivity index (χ3v) is 3.11. The Morgan fingerprint density at radius 3 is 2.70 bits per heavy atom. The molecule has 0 aliphatic rings. The first-order valence-corrected chi connectivity index (χ1v) is 6.96. The highest BCUT2D eigenvalue weighted by atomic mass is 35.5. The molecular weight excluding hydrogens is 278 g/mol. The molecule has 0 saturated carbocycles. The molecule has 2 heterocycles. The van der Waals surface area contributed by atoms with Crippen LogP contribution in [0.25, 0.3) is 5.95 Å². The van der Waals surface area contributed by atoms with Gasteiger partial charge in [-0.1, -0.05) is 13.8 Å². The first-order valence-electron chi connectivity index (χ1n) is 6.59. The van der Waals surface area contributed by atoms with Crippen molar-refractivity contribution >= 4 is 17.5 Å². The summed E-state index contributed by atoms with van der Waals surface area (Å²) in [5, 5.41) is 3.33. The number of aromatic nitrogens is 5. The molecule has 2 rings (SSSR count). The smallest absolute Gasteiger partial charge is 0.241 e. The maximum Gasteiger partial charge on any atom is 0.241 e.